The molecule has 31 heavy (non-hydrogen) atoms. The van der Waals surface area contributed by atoms with Crippen LogP contribution in [0.5, 0.6) is 0 Å². The summed E-state index contributed by atoms with van der Waals surface area (Å²) in [6.07, 6.45) is 2.47. The van der Waals surface area contributed by atoms with Crippen LogP contribution in [0, 0.1) is 0 Å². The average Bonchev–Trinajstić information content (AvgIpc) is 2.79. The minimum absolute atomic E-state index is 0.0294. The Labute approximate surface area is 181 Å². The van der Waals surface area contributed by atoms with Crippen molar-refractivity contribution in [3.63, 3.8) is 0 Å². The van der Waals surface area contributed by atoms with Gasteiger partial charge in [0.1, 0.15) is 6.61 Å². The molecule has 4 rings (SSSR count). The molecule has 4 heteroatoms. The Balaban J connectivity index is 1.30. The first-order valence-corrected chi connectivity index (χ1v) is 10.2. The maximum absolute atomic E-state index is 10.9. The van der Waals surface area contributed by atoms with Crippen molar-refractivity contribution in [3.05, 3.63) is 108 Å². The van der Waals surface area contributed by atoms with Gasteiger partial charge in [-0.3, -0.25) is 4.79 Å². The van der Waals surface area contributed by atoms with Gasteiger partial charge in [0.2, 0.25) is 0 Å². The number of rotatable bonds is 8. The first-order chi connectivity index (χ1) is 15.2. The molecule has 154 valence electrons. The fraction of sp³-hybridized carbons (Fsp3) is 0.111. The summed E-state index contributed by atoms with van der Waals surface area (Å²) in [5.41, 5.74) is 5.08. The van der Waals surface area contributed by atoms with Crippen LogP contribution in [0.25, 0.3) is 21.9 Å². The zero-order chi connectivity index (χ0) is 21.5. The van der Waals surface area contributed by atoms with Crippen molar-refractivity contribution >= 4 is 23.0 Å². The molecule has 0 heterocycles. The van der Waals surface area contributed by atoms with E-state index in [-0.39, 0.29) is 6.42 Å². The van der Waals surface area contributed by atoms with E-state index in [1.807, 2.05) is 48.5 Å². The summed E-state index contributed by atoms with van der Waals surface area (Å²) in [6.45, 7) is 0.437. The van der Waals surface area contributed by atoms with E-state index in [0.717, 1.165) is 27.8 Å². The van der Waals surface area contributed by atoms with E-state index in [4.69, 9.17) is 9.94 Å². The van der Waals surface area contributed by atoms with Crippen LogP contribution in [0.1, 0.15) is 16.7 Å². The molecular formula is C27H23NO3. The van der Waals surface area contributed by atoms with E-state index in [0.29, 0.717) is 13.0 Å². The van der Waals surface area contributed by atoms with Gasteiger partial charge >= 0.3 is 5.97 Å². The molecule has 0 saturated carbocycles. The van der Waals surface area contributed by atoms with E-state index in [9.17, 15) is 4.79 Å². The van der Waals surface area contributed by atoms with E-state index < -0.39 is 5.97 Å². The monoisotopic (exact) mass is 409 g/mol. The predicted octanol–water partition coefficient (Wildman–Crippen LogP) is 5.88. The molecule has 0 aliphatic rings. The third-order valence-corrected chi connectivity index (χ3v) is 5.09. The molecule has 0 spiro atoms. The lowest BCUT2D eigenvalue weighted by molar-refractivity contribution is -0.136. The number of hydrogen-bond donors (Lipinski definition) is 1. The summed E-state index contributed by atoms with van der Waals surface area (Å²) in [5, 5.41) is 15.5. The number of nitrogens with zero attached hydrogens (tertiary/aromatic N) is 1. The second-order valence-electron chi connectivity index (χ2n) is 7.41. The Bertz CT molecular complexity index is 1210. The number of hydrogen-bond acceptors (Lipinski definition) is 3. The second-order valence-corrected chi connectivity index (χ2v) is 7.41. The van der Waals surface area contributed by atoms with Crippen LogP contribution in [-0.4, -0.2) is 17.3 Å². The Morgan fingerprint density at radius 3 is 2.35 bits per heavy atom. The third-order valence-electron chi connectivity index (χ3n) is 5.09. The molecule has 0 saturated heterocycles. The second kappa shape index (κ2) is 9.72. The molecule has 0 fully saturated rings. The van der Waals surface area contributed by atoms with E-state index in [2.05, 4.69) is 47.6 Å². The first-order valence-electron chi connectivity index (χ1n) is 10.2. The number of aliphatic carboxylic acids is 1. The van der Waals surface area contributed by atoms with Crippen molar-refractivity contribution in [3.8, 4) is 11.1 Å². The number of carboxylic acids is 1. The lowest BCUT2D eigenvalue weighted by Gasteiger charge is -2.05. The largest absolute Gasteiger partial charge is 0.481 e. The SMILES string of the molecule is O=C(O)Cc1cccc(-c2ccc(CC=NOCc3ccc4ccccc4c3)cc2)c1. The highest BCUT2D eigenvalue weighted by Crippen LogP contribution is 2.21. The van der Waals surface area contributed by atoms with Crippen LogP contribution in [-0.2, 0) is 29.1 Å². The van der Waals surface area contributed by atoms with Gasteiger partial charge in [0.05, 0.1) is 6.42 Å². The van der Waals surface area contributed by atoms with Crippen LogP contribution in [0.4, 0.5) is 0 Å². The molecule has 4 aromatic rings. The standard InChI is InChI=1S/C27H23NO3/c29-27(30)18-21-4-3-7-26(16-21)24-11-8-20(9-12-24)14-15-28-31-19-22-10-13-23-5-1-2-6-25(23)17-22/h1-13,15-17H,14,18-19H2,(H,29,30). The predicted molar refractivity (Wildman–Crippen MR) is 124 cm³/mol. The van der Waals surface area contributed by atoms with Crippen LogP contribution >= 0.6 is 0 Å². The highest BCUT2D eigenvalue weighted by atomic mass is 16.6. The van der Waals surface area contributed by atoms with E-state index >= 15 is 0 Å². The molecule has 0 aliphatic carbocycles. The van der Waals surface area contributed by atoms with Gasteiger partial charge in [-0.25, -0.2) is 0 Å². The molecule has 4 nitrogen and oxygen atoms in total. The topological polar surface area (TPSA) is 58.9 Å². The number of carboxylic acid groups (broad SMARTS) is 1. The summed E-state index contributed by atoms with van der Waals surface area (Å²) in [6, 6.07) is 30.3. The van der Waals surface area contributed by atoms with Gasteiger partial charge in [0, 0.05) is 12.6 Å². The summed E-state index contributed by atoms with van der Waals surface area (Å²) < 4.78 is 0. The number of carbonyl (C=O) groups is 1. The summed E-state index contributed by atoms with van der Waals surface area (Å²) in [5.74, 6) is -0.824. The Hall–Kier alpha value is -3.92. The van der Waals surface area contributed by atoms with Gasteiger partial charge in [-0.15, -0.1) is 0 Å². The number of fused-ring (bicyclic) bond motifs is 1. The van der Waals surface area contributed by atoms with Gasteiger partial charge < -0.3 is 9.94 Å². The van der Waals surface area contributed by atoms with Crippen LogP contribution in [0.3, 0.4) is 0 Å². The highest BCUT2D eigenvalue weighted by molar-refractivity contribution is 5.83. The Morgan fingerprint density at radius 2 is 1.55 bits per heavy atom. The molecular weight excluding hydrogens is 386 g/mol. The van der Waals surface area contributed by atoms with E-state index in [1.54, 1.807) is 6.21 Å². The summed E-state index contributed by atoms with van der Waals surface area (Å²) >= 11 is 0. The van der Waals surface area contributed by atoms with Crippen LogP contribution < -0.4 is 0 Å². The van der Waals surface area contributed by atoms with E-state index in [1.165, 1.54) is 10.8 Å². The Morgan fingerprint density at radius 1 is 0.774 bits per heavy atom. The van der Waals surface area contributed by atoms with Gasteiger partial charge in [0.15, 0.2) is 0 Å². The fourth-order valence-electron chi connectivity index (χ4n) is 3.50. The fourth-order valence-corrected chi connectivity index (χ4v) is 3.50. The normalized spacial score (nSPS) is 11.1. The van der Waals surface area contributed by atoms with Gasteiger partial charge in [-0.2, -0.15) is 0 Å². The van der Waals surface area contributed by atoms with Crippen molar-refractivity contribution < 1.29 is 14.7 Å². The maximum atomic E-state index is 10.9. The summed E-state index contributed by atoms with van der Waals surface area (Å²) in [4.78, 5) is 16.4. The minimum atomic E-state index is -0.824. The average molecular weight is 409 g/mol. The molecule has 0 aromatic heterocycles. The van der Waals surface area contributed by atoms with Crippen LogP contribution in [0.2, 0.25) is 0 Å². The molecule has 1 N–H and O–H groups in total. The molecule has 0 amide bonds. The summed E-state index contributed by atoms with van der Waals surface area (Å²) in [7, 11) is 0. The number of oxime groups is 1. The third kappa shape index (κ3) is 5.58. The molecule has 0 radical (unpaired) electrons. The Kier molecular flexibility index (Phi) is 6.38. The minimum Gasteiger partial charge on any atom is -0.481 e. The number of benzene rings is 4. The van der Waals surface area contributed by atoms with Crippen LogP contribution in [0.15, 0.2) is 96.2 Å². The maximum Gasteiger partial charge on any atom is 0.307 e. The molecule has 0 unspecified atom stereocenters. The lowest BCUT2D eigenvalue weighted by atomic mass is 10.0. The van der Waals surface area contributed by atoms with Crippen molar-refractivity contribution in [2.45, 2.75) is 19.4 Å². The highest BCUT2D eigenvalue weighted by Gasteiger charge is 2.03. The lowest BCUT2D eigenvalue weighted by Crippen LogP contribution is -1.99. The molecule has 0 bridgehead atoms. The van der Waals surface area contributed by atoms with Crippen molar-refractivity contribution in [1.82, 2.24) is 0 Å². The quantitative estimate of drug-likeness (QED) is 0.292. The molecule has 4 aromatic carbocycles. The zero-order valence-electron chi connectivity index (χ0n) is 17.1. The van der Waals surface area contributed by atoms with Gasteiger partial charge in [0.25, 0.3) is 0 Å². The van der Waals surface area contributed by atoms with Crippen molar-refractivity contribution in [2.75, 3.05) is 0 Å². The zero-order valence-corrected chi connectivity index (χ0v) is 17.1. The van der Waals surface area contributed by atoms with Gasteiger partial charge in [-0.05, 0) is 44.7 Å². The molecule has 0 atom stereocenters. The van der Waals surface area contributed by atoms with Crippen molar-refractivity contribution in [2.24, 2.45) is 5.16 Å². The first kappa shape index (κ1) is 20.4. The molecule has 0 aliphatic heterocycles. The van der Waals surface area contributed by atoms with Gasteiger partial charge in [-0.1, -0.05) is 90.1 Å². The smallest absolute Gasteiger partial charge is 0.307 e. The van der Waals surface area contributed by atoms with Crippen molar-refractivity contribution in [1.29, 1.82) is 0 Å².